The van der Waals surface area contributed by atoms with Crippen LogP contribution in [0.5, 0.6) is 0 Å². The SMILES string of the molecule is C=C(C)c1cccc(C(C)(C)NC(=O)N2CCNC(=O)C2(C)C)c1. The van der Waals surface area contributed by atoms with Crippen LogP contribution in [0.2, 0.25) is 0 Å². The lowest BCUT2D eigenvalue weighted by molar-refractivity contribution is -0.132. The number of rotatable bonds is 3. The molecule has 3 amide bonds. The van der Waals surface area contributed by atoms with E-state index >= 15 is 0 Å². The molecule has 130 valence electrons. The number of carbonyl (C=O) groups is 2. The normalized spacial score (nSPS) is 17.2. The molecule has 2 rings (SSSR count). The first-order valence-electron chi connectivity index (χ1n) is 8.20. The van der Waals surface area contributed by atoms with Crippen molar-refractivity contribution in [3.8, 4) is 0 Å². The van der Waals surface area contributed by atoms with Crippen LogP contribution in [-0.4, -0.2) is 35.5 Å². The van der Waals surface area contributed by atoms with Gasteiger partial charge in [0.25, 0.3) is 0 Å². The van der Waals surface area contributed by atoms with E-state index in [0.29, 0.717) is 13.1 Å². The molecule has 0 saturated carbocycles. The van der Waals surface area contributed by atoms with Crippen LogP contribution in [0.3, 0.4) is 0 Å². The van der Waals surface area contributed by atoms with Gasteiger partial charge in [0.15, 0.2) is 0 Å². The van der Waals surface area contributed by atoms with Gasteiger partial charge in [-0.05, 0) is 51.8 Å². The third-order valence-electron chi connectivity index (χ3n) is 4.59. The van der Waals surface area contributed by atoms with Gasteiger partial charge in [-0.3, -0.25) is 4.79 Å². The first-order valence-corrected chi connectivity index (χ1v) is 8.20. The molecule has 5 heteroatoms. The van der Waals surface area contributed by atoms with Gasteiger partial charge in [-0.1, -0.05) is 30.4 Å². The van der Waals surface area contributed by atoms with Gasteiger partial charge in [-0.2, -0.15) is 0 Å². The summed E-state index contributed by atoms with van der Waals surface area (Å²) in [4.78, 5) is 26.4. The van der Waals surface area contributed by atoms with Crippen LogP contribution >= 0.6 is 0 Å². The molecule has 0 unspecified atom stereocenters. The van der Waals surface area contributed by atoms with Crippen LogP contribution < -0.4 is 10.6 Å². The van der Waals surface area contributed by atoms with Crippen molar-refractivity contribution in [1.29, 1.82) is 0 Å². The van der Waals surface area contributed by atoms with E-state index in [1.54, 1.807) is 18.7 Å². The molecule has 1 aromatic rings. The molecule has 1 aromatic carbocycles. The van der Waals surface area contributed by atoms with Gasteiger partial charge in [0.05, 0.1) is 5.54 Å². The Morgan fingerprint density at radius 3 is 2.67 bits per heavy atom. The number of hydrogen-bond acceptors (Lipinski definition) is 2. The lowest BCUT2D eigenvalue weighted by atomic mass is 9.91. The third-order valence-corrected chi connectivity index (χ3v) is 4.59. The first kappa shape index (κ1) is 18.0. The number of piperazine rings is 1. The fourth-order valence-electron chi connectivity index (χ4n) is 2.84. The average molecular weight is 329 g/mol. The summed E-state index contributed by atoms with van der Waals surface area (Å²) < 4.78 is 0. The number of hydrogen-bond donors (Lipinski definition) is 2. The molecule has 0 aliphatic carbocycles. The van der Waals surface area contributed by atoms with Gasteiger partial charge in [-0.25, -0.2) is 4.79 Å². The van der Waals surface area contributed by atoms with Crippen LogP contribution in [-0.2, 0) is 10.3 Å². The number of amides is 3. The van der Waals surface area contributed by atoms with E-state index in [0.717, 1.165) is 16.7 Å². The zero-order chi connectivity index (χ0) is 18.1. The van der Waals surface area contributed by atoms with Gasteiger partial charge >= 0.3 is 6.03 Å². The molecule has 0 aromatic heterocycles. The number of nitrogens with zero attached hydrogens (tertiary/aromatic N) is 1. The molecule has 1 saturated heterocycles. The fourth-order valence-corrected chi connectivity index (χ4v) is 2.84. The zero-order valence-corrected chi connectivity index (χ0v) is 15.2. The molecule has 2 N–H and O–H groups in total. The molecule has 1 aliphatic rings. The van der Waals surface area contributed by atoms with Gasteiger partial charge in [-0.15, -0.1) is 0 Å². The Bertz CT molecular complexity index is 677. The first-order chi connectivity index (χ1) is 11.1. The predicted octanol–water partition coefficient (Wildman–Crippen LogP) is 2.87. The number of nitrogens with one attached hydrogen (secondary N) is 2. The molecule has 0 atom stereocenters. The van der Waals surface area contributed by atoms with E-state index < -0.39 is 11.1 Å². The summed E-state index contributed by atoms with van der Waals surface area (Å²) in [6.07, 6.45) is 0. The molecule has 0 radical (unpaired) electrons. The minimum Gasteiger partial charge on any atom is -0.352 e. The van der Waals surface area contributed by atoms with Crippen molar-refractivity contribution in [3.05, 3.63) is 42.0 Å². The number of allylic oxidation sites excluding steroid dienone is 1. The molecule has 1 fully saturated rings. The van der Waals surface area contributed by atoms with E-state index in [1.165, 1.54) is 0 Å². The Kier molecular flexibility index (Phi) is 4.74. The Balaban J connectivity index is 2.22. The summed E-state index contributed by atoms with van der Waals surface area (Å²) in [5.41, 5.74) is 1.60. The largest absolute Gasteiger partial charge is 0.352 e. The van der Waals surface area contributed by atoms with Crippen molar-refractivity contribution in [3.63, 3.8) is 0 Å². The van der Waals surface area contributed by atoms with Crippen LogP contribution in [0.1, 0.15) is 45.7 Å². The number of carbonyl (C=O) groups excluding carboxylic acids is 2. The summed E-state index contributed by atoms with van der Waals surface area (Å²) in [7, 11) is 0. The Morgan fingerprint density at radius 1 is 1.38 bits per heavy atom. The average Bonchev–Trinajstić information content (AvgIpc) is 2.49. The van der Waals surface area contributed by atoms with Crippen LogP contribution in [0.4, 0.5) is 4.79 Å². The minimum atomic E-state index is -0.863. The molecule has 1 heterocycles. The van der Waals surface area contributed by atoms with E-state index in [-0.39, 0.29) is 11.9 Å². The molecule has 0 bridgehead atoms. The lowest BCUT2D eigenvalue weighted by Gasteiger charge is -2.42. The summed E-state index contributed by atoms with van der Waals surface area (Å²) in [5, 5.41) is 5.86. The second-order valence-electron chi connectivity index (χ2n) is 7.38. The molecule has 5 nitrogen and oxygen atoms in total. The second kappa shape index (κ2) is 6.30. The molecular formula is C19H27N3O2. The highest BCUT2D eigenvalue weighted by molar-refractivity contribution is 5.91. The maximum absolute atomic E-state index is 12.8. The quantitative estimate of drug-likeness (QED) is 0.896. The highest BCUT2D eigenvalue weighted by Gasteiger charge is 2.41. The zero-order valence-electron chi connectivity index (χ0n) is 15.2. The Labute approximate surface area is 144 Å². The molecule has 0 spiro atoms. The maximum atomic E-state index is 12.8. The third kappa shape index (κ3) is 3.45. The monoisotopic (exact) mass is 329 g/mol. The van der Waals surface area contributed by atoms with Crippen LogP contribution in [0.15, 0.2) is 30.8 Å². The van der Waals surface area contributed by atoms with E-state index in [2.05, 4.69) is 17.2 Å². The smallest absolute Gasteiger partial charge is 0.319 e. The number of urea groups is 1. The van der Waals surface area contributed by atoms with Crippen molar-refractivity contribution < 1.29 is 9.59 Å². The Hall–Kier alpha value is -2.30. The van der Waals surface area contributed by atoms with Crippen LogP contribution in [0.25, 0.3) is 5.57 Å². The Morgan fingerprint density at radius 2 is 2.04 bits per heavy atom. The summed E-state index contributed by atoms with van der Waals surface area (Å²) in [6, 6.07) is 7.76. The lowest BCUT2D eigenvalue weighted by Crippen LogP contribution is -2.66. The van der Waals surface area contributed by atoms with E-state index in [1.807, 2.05) is 45.0 Å². The van der Waals surface area contributed by atoms with Gasteiger partial charge in [0.2, 0.25) is 5.91 Å². The van der Waals surface area contributed by atoms with Crippen molar-refractivity contribution >= 4 is 17.5 Å². The summed E-state index contributed by atoms with van der Waals surface area (Å²) in [6.45, 7) is 14.3. The van der Waals surface area contributed by atoms with Gasteiger partial charge in [0, 0.05) is 13.1 Å². The fraction of sp³-hybridized carbons (Fsp3) is 0.474. The molecule has 24 heavy (non-hydrogen) atoms. The molecular weight excluding hydrogens is 302 g/mol. The van der Waals surface area contributed by atoms with E-state index in [4.69, 9.17) is 0 Å². The standard InChI is InChI=1S/C19H27N3O2/c1-13(2)14-8-7-9-15(12-14)18(3,4)21-17(24)22-11-10-20-16(23)19(22,5)6/h7-9,12H,1,10-11H2,2-6H3,(H,20,23)(H,21,24). The maximum Gasteiger partial charge on any atom is 0.319 e. The van der Waals surface area contributed by atoms with E-state index in [9.17, 15) is 9.59 Å². The van der Waals surface area contributed by atoms with Crippen molar-refractivity contribution in [2.75, 3.05) is 13.1 Å². The van der Waals surface area contributed by atoms with Crippen molar-refractivity contribution in [1.82, 2.24) is 15.5 Å². The molecule has 1 aliphatic heterocycles. The topological polar surface area (TPSA) is 61.4 Å². The summed E-state index contributed by atoms with van der Waals surface area (Å²) in [5.74, 6) is -0.133. The van der Waals surface area contributed by atoms with Gasteiger partial charge in [0.1, 0.15) is 5.54 Å². The second-order valence-corrected chi connectivity index (χ2v) is 7.38. The minimum absolute atomic E-state index is 0.133. The van der Waals surface area contributed by atoms with Gasteiger partial charge < -0.3 is 15.5 Å². The van der Waals surface area contributed by atoms with Crippen LogP contribution in [0, 0.1) is 0 Å². The van der Waals surface area contributed by atoms with Crippen molar-refractivity contribution in [2.45, 2.75) is 45.7 Å². The number of benzene rings is 1. The summed E-state index contributed by atoms with van der Waals surface area (Å²) >= 11 is 0. The van der Waals surface area contributed by atoms with Crippen molar-refractivity contribution in [2.24, 2.45) is 0 Å². The highest BCUT2D eigenvalue weighted by atomic mass is 16.2. The predicted molar refractivity (Wildman–Crippen MR) is 96.5 cm³/mol. The highest BCUT2D eigenvalue weighted by Crippen LogP contribution is 2.25.